The molecule has 1 atom stereocenters. The van der Waals surface area contributed by atoms with E-state index < -0.39 is 9.84 Å². The molecule has 0 bridgehead atoms. The molecule has 0 aliphatic rings. The summed E-state index contributed by atoms with van der Waals surface area (Å²) in [5, 5.41) is 6.46. The van der Waals surface area contributed by atoms with Crippen LogP contribution in [-0.4, -0.2) is 70.6 Å². The van der Waals surface area contributed by atoms with Crippen LogP contribution in [0, 0.1) is 0 Å². The lowest BCUT2D eigenvalue weighted by Gasteiger charge is -2.18. The molecule has 0 saturated carbocycles. The normalized spacial score (nSPS) is 13.0. The molecule has 29 heavy (non-hydrogen) atoms. The summed E-state index contributed by atoms with van der Waals surface area (Å²) >= 11 is 0. The number of hydrogen-bond donors (Lipinski definition) is 2. The molecule has 1 unspecified atom stereocenters. The molecular weight excluding hydrogens is 503 g/mol. The molecule has 0 fully saturated rings. The molecule has 7 nitrogen and oxygen atoms in total. The van der Waals surface area contributed by atoms with Gasteiger partial charge in [0.2, 0.25) is 0 Å². The Morgan fingerprint density at radius 2 is 1.83 bits per heavy atom. The number of benzene rings is 1. The van der Waals surface area contributed by atoms with E-state index in [2.05, 4.69) is 34.4 Å². The third-order valence-corrected chi connectivity index (χ3v) is 5.46. The number of likely N-dealkylation sites (N-methyl/N-ethyl adjacent to an activating group) is 1. The van der Waals surface area contributed by atoms with Crippen molar-refractivity contribution < 1.29 is 13.2 Å². The maximum atomic E-state index is 11.3. The zero-order valence-electron chi connectivity index (χ0n) is 18.3. The topological polar surface area (TPSA) is 83.0 Å². The van der Waals surface area contributed by atoms with Gasteiger partial charge in [-0.05, 0) is 44.1 Å². The van der Waals surface area contributed by atoms with E-state index in [0.717, 1.165) is 30.9 Å². The lowest BCUT2D eigenvalue weighted by atomic mass is 10.2. The molecule has 0 amide bonds. The van der Waals surface area contributed by atoms with Crippen LogP contribution >= 0.6 is 24.0 Å². The van der Waals surface area contributed by atoms with Crippen molar-refractivity contribution in [1.82, 2.24) is 15.5 Å². The number of aliphatic imine (C=N–C) groups is 1. The summed E-state index contributed by atoms with van der Waals surface area (Å²) in [6.07, 6.45) is 1.79. The van der Waals surface area contributed by atoms with Crippen molar-refractivity contribution >= 4 is 39.8 Å². The molecule has 2 N–H and O–H groups in total. The summed E-state index contributed by atoms with van der Waals surface area (Å²) in [4.78, 5) is 6.52. The van der Waals surface area contributed by atoms with Gasteiger partial charge in [-0.25, -0.2) is 8.42 Å². The number of guanidine groups is 1. The van der Waals surface area contributed by atoms with Crippen LogP contribution in [0.4, 0.5) is 0 Å². The number of sulfone groups is 1. The van der Waals surface area contributed by atoms with Gasteiger partial charge in [0.25, 0.3) is 0 Å². The Labute approximate surface area is 193 Å². The van der Waals surface area contributed by atoms with Crippen LogP contribution in [0.25, 0.3) is 0 Å². The van der Waals surface area contributed by atoms with E-state index in [4.69, 9.17) is 4.74 Å². The van der Waals surface area contributed by atoms with E-state index in [0.29, 0.717) is 25.5 Å². The van der Waals surface area contributed by atoms with Gasteiger partial charge in [-0.15, -0.1) is 24.0 Å². The van der Waals surface area contributed by atoms with Gasteiger partial charge in [-0.2, -0.15) is 0 Å². The molecule has 1 aromatic carbocycles. The Hall–Kier alpha value is -1.07. The van der Waals surface area contributed by atoms with E-state index in [-0.39, 0.29) is 35.8 Å². The highest BCUT2D eigenvalue weighted by Crippen LogP contribution is 2.12. The van der Waals surface area contributed by atoms with Crippen molar-refractivity contribution in [3.05, 3.63) is 29.8 Å². The predicted octanol–water partition coefficient (Wildman–Crippen LogP) is 2.51. The zero-order chi connectivity index (χ0) is 21.0. The van der Waals surface area contributed by atoms with Crippen molar-refractivity contribution in [2.24, 2.45) is 4.99 Å². The second kappa shape index (κ2) is 14.8. The van der Waals surface area contributed by atoms with Gasteiger partial charge in [0.05, 0.1) is 5.75 Å². The first-order valence-electron chi connectivity index (χ1n) is 9.86. The fraction of sp³-hybridized carbons (Fsp3) is 0.650. The van der Waals surface area contributed by atoms with E-state index in [1.807, 2.05) is 31.2 Å². The first-order valence-corrected chi connectivity index (χ1v) is 11.9. The second-order valence-corrected chi connectivity index (χ2v) is 9.17. The van der Waals surface area contributed by atoms with Crippen molar-refractivity contribution in [2.75, 3.05) is 45.3 Å². The Morgan fingerprint density at radius 1 is 1.21 bits per heavy atom. The highest BCUT2D eigenvalue weighted by molar-refractivity contribution is 14.0. The molecule has 168 valence electrons. The maximum Gasteiger partial charge on any atom is 0.191 e. The smallest absolute Gasteiger partial charge is 0.191 e. The first kappa shape index (κ1) is 27.9. The largest absolute Gasteiger partial charge is 0.492 e. The van der Waals surface area contributed by atoms with Crippen molar-refractivity contribution in [2.45, 2.75) is 39.8 Å². The van der Waals surface area contributed by atoms with E-state index >= 15 is 0 Å². The lowest BCUT2D eigenvalue weighted by molar-refractivity contribution is 0.223. The number of ether oxygens (including phenoxy) is 1. The van der Waals surface area contributed by atoms with Gasteiger partial charge in [0.1, 0.15) is 22.2 Å². The van der Waals surface area contributed by atoms with Gasteiger partial charge in [-0.3, -0.25) is 4.99 Å². The minimum atomic E-state index is -2.95. The monoisotopic (exact) mass is 540 g/mol. The fourth-order valence-corrected chi connectivity index (χ4v) is 3.39. The van der Waals surface area contributed by atoms with Gasteiger partial charge < -0.3 is 20.3 Å². The molecule has 0 aliphatic heterocycles. The number of halogens is 1. The number of nitrogens with zero attached hydrogens (tertiary/aromatic N) is 2. The van der Waals surface area contributed by atoms with Crippen LogP contribution in [0.15, 0.2) is 29.3 Å². The molecule has 0 heterocycles. The van der Waals surface area contributed by atoms with Crippen LogP contribution in [-0.2, 0) is 16.4 Å². The SMILES string of the molecule is CCN(CC)CCOc1ccc(CNC(=NC)NC(C)CCS(C)(=O)=O)cc1.I. The molecule has 0 saturated heterocycles. The van der Waals surface area contributed by atoms with Gasteiger partial charge in [-0.1, -0.05) is 26.0 Å². The summed E-state index contributed by atoms with van der Waals surface area (Å²) in [5.74, 6) is 1.68. The van der Waals surface area contributed by atoms with E-state index in [1.54, 1.807) is 7.05 Å². The minimum absolute atomic E-state index is 0. The summed E-state index contributed by atoms with van der Waals surface area (Å²) in [6, 6.07) is 8.02. The van der Waals surface area contributed by atoms with Crippen LogP contribution in [0.1, 0.15) is 32.8 Å². The zero-order valence-corrected chi connectivity index (χ0v) is 21.4. The Morgan fingerprint density at radius 3 is 2.34 bits per heavy atom. The molecule has 0 radical (unpaired) electrons. The van der Waals surface area contributed by atoms with Crippen molar-refractivity contribution in [3.63, 3.8) is 0 Å². The third kappa shape index (κ3) is 13.0. The average molecular weight is 541 g/mol. The fourth-order valence-electron chi connectivity index (χ4n) is 2.61. The molecule has 0 aliphatic carbocycles. The molecule has 0 spiro atoms. The van der Waals surface area contributed by atoms with Crippen LogP contribution in [0.2, 0.25) is 0 Å². The molecule has 1 rings (SSSR count). The Bertz CT molecular complexity index is 692. The van der Waals surface area contributed by atoms with E-state index in [1.165, 1.54) is 6.26 Å². The second-order valence-electron chi connectivity index (χ2n) is 6.91. The first-order chi connectivity index (χ1) is 13.3. The van der Waals surface area contributed by atoms with Gasteiger partial charge in [0.15, 0.2) is 5.96 Å². The minimum Gasteiger partial charge on any atom is -0.492 e. The highest BCUT2D eigenvalue weighted by atomic mass is 127. The van der Waals surface area contributed by atoms with Gasteiger partial charge >= 0.3 is 0 Å². The molecule has 9 heteroatoms. The van der Waals surface area contributed by atoms with Crippen molar-refractivity contribution in [3.8, 4) is 5.75 Å². The van der Waals surface area contributed by atoms with Crippen LogP contribution in [0.5, 0.6) is 5.75 Å². The van der Waals surface area contributed by atoms with Crippen molar-refractivity contribution in [1.29, 1.82) is 0 Å². The van der Waals surface area contributed by atoms with Crippen LogP contribution in [0.3, 0.4) is 0 Å². The van der Waals surface area contributed by atoms with E-state index in [9.17, 15) is 8.42 Å². The van der Waals surface area contributed by atoms with Gasteiger partial charge in [0, 0.05) is 32.4 Å². The molecular formula is C20H37IN4O3S. The maximum absolute atomic E-state index is 11.3. The highest BCUT2D eigenvalue weighted by Gasteiger charge is 2.09. The third-order valence-electron chi connectivity index (χ3n) is 4.48. The average Bonchev–Trinajstić information content (AvgIpc) is 2.67. The number of nitrogens with one attached hydrogen (secondary N) is 2. The summed E-state index contributed by atoms with van der Waals surface area (Å²) in [6.45, 7) is 10.6. The standard InChI is InChI=1S/C20H36N4O3S.HI/c1-6-24(7-2)13-14-27-19-10-8-18(9-11-19)16-22-20(21-4)23-17(3)12-15-28(5,25)26;/h8-11,17H,6-7,12-16H2,1-5H3,(H2,21,22,23);1H. The Balaban J connectivity index is 0.00000784. The predicted molar refractivity (Wildman–Crippen MR) is 132 cm³/mol. The Kier molecular flexibility index (Phi) is 14.3. The number of rotatable bonds is 12. The summed E-state index contributed by atoms with van der Waals surface area (Å²) in [5.41, 5.74) is 1.11. The van der Waals surface area contributed by atoms with Crippen LogP contribution < -0.4 is 15.4 Å². The quantitative estimate of drug-likeness (QED) is 0.241. The molecule has 0 aromatic heterocycles. The molecule has 1 aromatic rings. The summed E-state index contributed by atoms with van der Waals surface area (Å²) < 4.78 is 28.3. The summed E-state index contributed by atoms with van der Waals surface area (Å²) in [7, 11) is -1.25. The lowest BCUT2D eigenvalue weighted by Crippen LogP contribution is -2.42. The number of hydrogen-bond acceptors (Lipinski definition) is 5.